The van der Waals surface area contributed by atoms with Gasteiger partial charge in [0.1, 0.15) is 0 Å². The third-order valence-corrected chi connectivity index (χ3v) is 3.14. The van der Waals surface area contributed by atoms with Gasteiger partial charge in [0, 0.05) is 13.1 Å². The zero-order valence-electron chi connectivity index (χ0n) is 12.8. The number of hydrogen-bond donors (Lipinski definition) is 0. The molecule has 0 aliphatic heterocycles. The molecule has 1 rings (SSSR count). The number of rotatable bonds is 8. The number of amides is 1. The molecule has 0 heterocycles. The number of ether oxygens (including phenoxy) is 2. The lowest BCUT2D eigenvalue weighted by Crippen LogP contribution is -2.34. The third-order valence-electron chi connectivity index (χ3n) is 3.14. The van der Waals surface area contributed by atoms with Crippen LogP contribution in [0.4, 0.5) is 0 Å². The zero-order chi connectivity index (χ0) is 16.4. The minimum Gasteiger partial charge on any atom is -0.493 e. The highest BCUT2D eigenvalue weighted by Gasteiger charge is 2.15. The second kappa shape index (κ2) is 9.25. The third kappa shape index (κ3) is 4.99. The van der Waals surface area contributed by atoms with E-state index >= 15 is 0 Å². The molecule has 1 amide bonds. The Kier molecular flexibility index (Phi) is 7.28. The van der Waals surface area contributed by atoms with Crippen molar-refractivity contribution in [2.75, 3.05) is 27.3 Å². The molecule has 0 saturated carbocycles. The Bertz CT molecular complexity index is 569. The molecule has 0 aliphatic rings. The van der Waals surface area contributed by atoms with Crippen molar-refractivity contribution in [1.29, 1.82) is 10.5 Å². The molecule has 0 unspecified atom stereocenters. The number of nitriles is 2. The summed E-state index contributed by atoms with van der Waals surface area (Å²) in [5.74, 6) is 1.05. The average molecular weight is 301 g/mol. The molecule has 0 saturated heterocycles. The van der Waals surface area contributed by atoms with E-state index in [0.717, 1.165) is 5.56 Å². The van der Waals surface area contributed by atoms with Crippen molar-refractivity contribution in [2.45, 2.75) is 19.3 Å². The SMILES string of the molecule is COc1ccc(CC(=O)N(CCC#N)CCC#N)cc1OC. The lowest BCUT2D eigenvalue weighted by Gasteiger charge is -2.20. The number of methoxy groups -OCH3 is 2. The average Bonchev–Trinajstić information content (AvgIpc) is 2.54. The first-order valence-electron chi connectivity index (χ1n) is 6.88. The summed E-state index contributed by atoms with van der Waals surface area (Å²) in [6.45, 7) is 0.675. The van der Waals surface area contributed by atoms with Gasteiger partial charge in [-0.1, -0.05) is 6.07 Å². The molecule has 1 aromatic rings. The molecule has 0 aliphatic carbocycles. The van der Waals surface area contributed by atoms with Crippen molar-refractivity contribution < 1.29 is 14.3 Å². The van der Waals surface area contributed by atoms with Crippen LogP contribution in [0.5, 0.6) is 11.5 Å². The Morgan fingerprint density at radius 2 is 1.68 bits per heavy atom. The van der Waals surface area contributed by atoms with Gasteiger partial charge in [0.15, 0.2) is 11.5 Å². The summed E-state index contributed by atoms with van der Waals surface area (Å²) in [5, 5.41) is 17.3. The number of nitrogens with zero attached hydrogens (tertiary/aromatic N) is 3. The lowest BCUT2D eigenvalue weighted by molar-refractivity contribution is -0.130. The number of carbonyl (C=O) groups excluding carboxylic acids is 1. The summed E-state index contributed by atoms with van der Waals surface area (Å²) >= 11 is 0. The Labute approximate surface area is 130 Å². The molecule has 0 bridgehead atoms. The van der Waals surface area contributed by atoms with Crippen LogP contribution in [-0.4, -0.2) is 38.1 Å². The van der Waals surface area contributed by atoms with Crippen LogP contribution >= 0.6 is 0 Å². The van der Waals surface area contributed by atoms with Gasteiger partial charge in [0.2, 0.25) is 5.91 Å². The molecule has 6 nitrogen and oxygen atoms in total. The summed E-state index contributed by atoms with van der Waals surface area (Å²) in [6, 6.07) is 9.32. The maximum absolute atomic E-state index is 12.3. The standard InChI is InChI=1S/C16H19N3O3/c1-21-14-6-5-13(11-15(14)22-2)12-16(20)19(9-3-7-17)10-4-8-18/h5-6,11H,3-4,9-10,12H2,1-2H3. The van der Waals surface area contributed by atoms with E-state index < -0.39 is 0 Å². The fourth-order valence-corrected chi connectivity index (χ4v) is 2.01. The second-order valence-electron chi connectivity index (χ2n) is 4.56. The maximum atomic E-state index is 12.3. The van der Waals surface area contributed by atoms with Gasteiger partial charge in [-0.2, -0.15) is 10.5 Å². The Hall–Kier alpha value is -2.73. The van der Waals surface area contributed by atoms with E-state index in [1.807, 2.05) is 12.1 Å². The molecular formula is C16H19N3O3. The molecule has 1 aromatic carbocycles. The Morgan fingerprint density at radius 1 is 1.09 bits per heavy atom. The molecule has 116 valence electrons. The van der Waals surface area contributed by atoms with Crippen molar-refractivity contribution in [3.63, 3.8) is 0 Å². The van der Waals surface area contributed by atoms with Crippen LogP contribution in [0, 0.1) is 22.7 Å². The van der Waals surface area contributed by atoms with E-state index in [1.165, 1.54) is 7.11 Å². The van der Waals surface area contributed by atoms with Crippen LogP contribution in [0.1, 0.15) is 18.4 Å². The Morgan fingerprint density at radius 3 is 2.18 bits per heavy atom. The van der Waals surface area contributed by atoms with E-state index in [-0.39, 0.29) is 25.2 Å². The zero-order valence-corrected chi connectivity index (χ0v) is 12.8. The number of benzene rings is 1. The molecule has 0 N–H and O–H groups in total. The van der Waals surface area contributed by atoms with Crippen LogP contribution < -0.4 is 9.47 Å². The van der Waals surface area contributed by atoms with Gasteiger partial charge in [-0.25, -0.2) is 0 Å². The topological polar surface area (TPSA) is 86.4 Å². The van der Waals surface area contributed by atoms with Crippen LogP contribution in [0.25, 0.3) is 0 Å². The van der Waals surface area contributed by atoms with Crippen molar-refractivity contribution >= 4 is 5.91 Å². The smallest absolute Gasteiger partial charge is 0.227 e. The van der Waals surface area contributed by atoms with Gasteiger partial charge >= 0.3 is 0 Å². The second-order valence-corrected chi connectivity index (χ2v) is 4.56. The normalized spacial score (nSPS) is 9.45. The largest absolute Gasteiger partial charge is 0.493 e. The molecular weight excluding hydrogens is 282 g/mol. The van der Waals surface area contributed by atoms with Gasteiger partial charge < -0.3 is 14.4 Å². The summed E-state index contributed by atoms with van der Waals surface area (Å²) < 4.78 is 10.4. The van der Waals surface area contributed by atoms with Gasteiger partial charge in [-0.15, -0.1) is 0 Å². The minimum atomic E-state index is -0.113. The fraction of sp³-hybridized carbons (Fsp3) is 0.438. The summed E-state index contributed by atoms with van der Waals surface area (Å²) in [7, 11) is 3.09. The summed E-state index contributed by atoms with van der Waals surface area (Å²) in [6.07, 6.45) is 0.698. The molecule has 6 heteroatoms. The van der Waals surface area contributed by atoms with E-state index in [0.29, 0.717) is 24.6 Å². The minimum absolute atomic E-state index is 0.113. The quantitative estimate of drug-likeness (QED) is 0.732. The first-order chi connectivity index (χ1) is 10.7. The first kappa shape index (κ1) is 17.3. The van der Waals surface area contributed by atoms with Crippen LogP contribution in [0.2, 0.25) is 0 Å². The van der Waals surface area contributed by atoms with Crippen LogP contribution in [0.15, 0.2) is 18.2 Å². The fourth-order valence-electron chi connectivity index (χ4n) is 2.01. The van der Waals surface area contributed by atoms with E-state index in [9.17, 15) is 4.79 Å². The van der Waals surface area contributed by atoms with E-state index in [4.69, 9.17) is 20.0 Å². The van der Waals surface area contributed by atoms with Crippen LogP contribution in [0.3, 0.4) is 0 Å². The highest BCUT2D eigenvalue weighted by molar-refractivity contribution is 5.79. The van der Waals surface area contributed by atoms with E-state index in [1.54, 1.807) is 30.2 Å². The molecule has 0 atom stereocenters. The maximum Gasteiger partial charge on any atom is 0.227 e. The summed E-state index contributed by atoms with van der Waals surface area (Å²) in [5.41, 5.74) is 0.793. The predicted molar refractivity (Wildman–Crippen MR) is 80.3 cm³/mol. The molecule has 0 fully saturated rings. The van der Waals surface area contributed by atoms with Gasteiger partial charge in [0.05, 0.1) is 45.6 Å². The van der Waals surface area contributed by atoms with Crippen molar-refractivity contribution in [2.24, 2.45) is 0 Å². The Balaban J connectivity index is 2.80. The summed E-state index contributed by atoms with van der Waals surface area (Å²) in [4.78, 5) is 13.9. The molecule has 0 spiro atoms. The van der Waals surface area contributed by atoms with Gasteiger partial charge in [-0.3, -0.25) is 4.79 Å². The molecule has 22 heavy (non-hydrogen) atoms. The lowest BCUT2D eigenvalue weighted by atomic mass is 10.1. The van der Waals surface area contributed by atoms with Gasteiger partial charge in [-0.05, 0) is 17.7 Å². The molecule has 0 radical (unpaired) electrons. The molecule has 0 aromatic heterocycles. The predicted octanol–water partition coefficient (Wildman–Crippen LogP) is 1.90. The van der Waals surface area contributed by atoms with Crippen molar-refractivity contribution in [1.82, 2.24) is 4.90 Å². The van der Waals surface area contributed by atoms with E-state index in [2.05, 4.69) is 0 Å². The van der Waals surface area contributed by atoms with Gasteiger partial charge in [0.25, 0.3) is 0 Å². The van der Waals surface area contributed by atoms with Crippen LogP contribution in [-0.2, 0) is 11.2 Å². The van der Waals surface area contributed by atoms with Crippen molar-refractivity contribution in [3.8, 4) is 23.6 Å². The number of hydrogen-bond acceptors (Lipinski definition) is 5. The van der Waals surface area contributed by atoms with Crippen molar-refractivity contribution in [3.05, 3.63) is 23.8 Å². The first-order valence-corrected chi connectivity index (χ1v) is 6.88. The monoisotopic (exact) mass is 301 g/mol. The number of carbonyl (C=O) groups is 1. The highest BCUT2D eigenvalue weighted by atomic mass is 16.5. The highest BCUT2D eigenvalue weighted by Crippen LogP contribution is 2.27.